The van der Waals surface area contributed by atoms with Crippen LogP contribution in [0, 0.1) is 5.92 Å². The third-order valence-corrected chi connectivity index (χ3v) is 3.44. The highest BCUT2D eigenvalue weighted by Crippen LogP contribution is 2.11. The highest BCUT2D eigenvalue weighted by atomic mass is 16.2. The molecule has 1 heterocycles. The van der Waals surface area contributed by atoms with E-state index in [0.717, 1.165) is 25.9 Å². The number of primary amides is 1. The van der Waals surface area contributed by atoms with E-state index in [4.69, 9.17) is 5.73 Å². The number of hydrogen-bond donors (Lipinski definition) is 2. The van der Waals surface area contributed by atoms with Gasteiger partial charge in [0.25, 0.3) is 0 Å². The summed E-state index contributed by atoms with van der Waals surface area (Å²) in [5.74, 6) is -0.246. The van der Waals surface area contributed by atoms with Crippen molar-refractivity contribution in [3.8, 4) is 0 Å². The summed E-state index contributed by atoms with van der Waals surface area (Å²) in [7, 11) is 0. The molecule has 1 saturated heterocycles. The lowest BCUT2D eigenvalue weighted by Gasteiger charge is -2.31. The summed E-state index contributed by atoms with van der Waals surface area (Å²) in [6.45, 7) is 7.29. The van der Waals surface area contributed by atoms with Gasteiger partial charge in [-0.1, -0.05) is 13.8 Å². The van der Waals surface area contributed by atoms with Gasteiger partial charge in [-0.3, -0.25) is 14.9 Å². The molecule has 2 unspecified atom stereocenters. The van der Waals surface area contributed by atoms with Crippen LogP contribution in [0.4, 0.5) is 0 Å². The van der Waals surface area contributed by atoms with Gasteiger partial charge in [0, 0.05) is 13.1 Å². The summed E-state index contributed by atoms with van der Waals surface area (Å²) in [6.07, 6.45) is 3.34. The molecule has 5 nitrogen and oxygen atoms in total. The summed E-state index contributed by atoms with van der Waals surface area (Å²) < 4.78 is 0. The average molecular weight is 255 g/mol. The van der Waals surface area contributed by atoms with Gasteiger partial charge in [0.15, 0.2) is 0 Å². The van der Waals surface area contributed by atoms with Crippen LogP contribution >= 0.6 is 0 Å². The molecule has 0 aliphatic carbocycles. The zero-order valence-corrected chi connectivity index (χ0v) is 11.6. The molecule has 1 rings (SSSR count). The van der Waals surface area contributed by atoms with Crippen LogP contribution in [0.15, 0.2) is 0 Å². The number of piperidine rings is 1. The molecule has 18 heavy (non-hydrogen) atoms. The second-order valence-corrected chi connectivity index (χ2v) is 5.40. The van der Waals surface area contributed by atoms with Gasteiger partial charge < -0.3 is 10.6 Å². The van der Waals surface area contributed by atoms with Crippen molar-refractivity contribution in [2.75, 3.05) is 13.1 Å². The summed E-state index contributed by atoms with van der Waals surface area (Å²) in [4.78, 5) is 25.4. The van der Waals surface area contributed by atoms with Crippen LogP contribution < -0.4 is 11.1 Å². The molecule has 0 radical (unpaired) electrons. The van der Waals surface area contributed by atoms with Crippen LogP contribution in [0.1, 0.15) is 40.0 Å². The van der Waals surface area contributed by atoms with Gasteiger partial charge in [-0.05, 0) is 32.1 Å². The minimum atomic E-state index is -0.450. The molecule has 0 aromatic carbocycles. The summed E-state index contributed by atoms with van der Waals surface area (Å²) in [5.41, 5.74) is 5.34. The Labute approximate surface area is 109 Å². The molecule has 0 bridgehead atoms. The number of amides is 2. The van der Waals surface area contributed by atoms with Crippen molar-refractivity contribution in [3.63, 3.8) is 0 Å². The van der Waals surface area contributed by atoms with Crippen molar-refractivity contribution in [2.45, 2.75) is 52.1 Å². The first-order valence-corrected chi connectivity index (χ1v) is 6.77. The Morgan fingerprint density at radius 1 is 1.11 bits per heavy atom. The van der Waals surface area contributed by atoms with Crippen molar-refractivity contribution in [3.05, 3.63) is 0 Å². The molecule has 1 fully saturated rings. The molecule has 2 atom stereocenters. The molecular formula is C13H25N3O2. The lowest BCUT2D eigenvalue weighted by Crippen LogP contribution is -2.54. The largest absolute Gasteiger partial charge is 0.368 e. The molecule has 5 heteroatoms. The van der Waals surface area contributed by atoms with Crippen LogP contribution in [0.2, 0.25) is 0 Å². The predicted molar refractivity (Wildman–Crippen MR) is 70.8 cm³/mol. The SMILES string of the molecule is CC(NC(C(N)=O)C(C)C)C(=O)N1CCCCC1. The van der Waals surface area contributed by atoms with Crippen molar-refractivity contribution in [2.24, 2.45) is 11.7 Å². The molecule has 0 spiro atoms. The molecule has 0 aromatic heterocycles. The first-order valence-electron chi connectivity index (χ1n) is 6.77. The monoisotopic (exact) mass is 255 g/mol. The zero-order valence-electron chi connectivity index (χ0n) is 11.6. The fourth-order valence-electron chi connectivity index (χ4n) is 2.33. The van der Waals surface area contributed by atoms with Crippen molar-refractivity contribution >= 4 is 11.8 Å². The Kier molecular flexibility index (Phi) is 5.59. The second kappa shape index (κ2) is 6.73. The fourth-order valence-corrected chi connectivity index (χ4v) is 2.33. The number of nitrogens with zero attached hydrogens (tertiary/aromatic N) is 1. The average Bonchev–Trinajstić information content (AvgIpc) is 2.35. The van der Waals surface area contributed by atoms with Crippen LogP contribution in [0.3, 0.4) is 0 Å². The topological polar surface area (TPSA) is 75.4 Å². The Morgan fingerprint density at radius 3 is 2.11 bits per heavy atom. The van der Waals surface area contributed by atoms with Crippen molar-refractivity contribution in [1.29, 1.82) is 0 Å². The summed E-state index contributed by atoms with van der Waals surface area (Å²) in [6, 6.07) is -0.809. The first-order chi connectivity index (χ1) is 8.43. The summed E-state index contributed by atoms with van der Waals surface area (Å²) >= 11 is 0. The number of hydrogen-bond acceptors (Lipinski definition) is 3. The van der Waals surface area contributed by atoms with Gasteiger partial charge in [-0.2, -0.15) is 0 Å². The normalized spacial score (nSPS) is 19.7. The maximum absolute atomic E-state index is 12.2. The number of rotatable bonds is 5. The molecule has 0 aromatic rings. The highest BCUT2D eigenvalue weighted by Gasteiger charge is 2.27. The molecule has 104 valence electrons. The summed E-state index contributed by atoms with van der Waals surface area (Å²) in [5, 5.41) is 3.05. The van der Waals surface area contributed by atoms with Crippen LogP contribution in [0.25, 0.3) is 0 Å². The van der Waals surface area contributed by atoms with E-state index >= 15 is 0 Å². The van der Waals surface area contributed by atoms with Crippen LogP contribution in [-0.2, 0) is 9.59 Å². The maximum Gasteiger partial charge on any atom is 0.239 e. The fraction of sp³-hybridized carbons (Fsp3) is 0.846. The van der Waals surface area contributed by atoms with Gasteiger partial charge in [0.2, 0.25) is 11.8 Å². The van der Waals surface area contributed by atoms with Gasteiger partial charge in [-0.15, -0.1) is 0 Å². The molecule has 2 amide bonds. The third kappa shape index (κ3) is 3.98. The van der Waals surface area contributed by atoms with Crippen LogP contribution in [-0.4, -0.2) is 41.9 Å². The number of carbonyl (C=O) groups excluding carboxylic acids is 2. The zero-order chi connectivity index (χ0) is 13.7. The quantitative estimate of drug-likeness (QED) is 0.750. The highest BCUT2D eigenvalue weighted by molar-refractivity contribution is 5.84. The lowest BCUT2D eigenvalue weighted by molar-refractivity contribution is -0.134. The Balaban J connectivity index is 2.54. The van der Waals surface area contributed by atoms with Gasteiger partial charge in [0.1, 0.15) is 0 Å². The van der Waals surface area contributed by atoms with E-state index in [1.165, 1.54) is 6.42 Å². The van der Waals surface area contributed by atoms with E-state index in [9.17, 15) is 9.59 Å². The van der Waals surface area contributed by atoms with Gasteiger partial charge >= 0.3 is 0 Å². The van der Waals surface area contributed by atoms with E-state index in [-0.39, 0.29) is 17.9 Å². The lowest BCUT2D eigenvalue weighted by atomic mass is 10.0. The van der Waals surface area contributed by atoms with Gasteiger partial charge in [0.05, 0.1) is 12.1 Å². The van der Waals surface area contributed by atoms with Gasteiger partial charge in [-0.25, -0.2) is 0 Å². The van der Waals surface area contributed by atoms with E-state index in [1.54, 1.807) is 6.92 Å². The smallest absolute Gasteiger partial charge is 0.239 e. The molecule has 1 aliphatic heterocycles. The minimum absolute atomic E-state index is 0.0709. The Bertz CT molecular complexity index is 299. The Morgan fingerprint density at radius 2 is 1.67 bits per heavy atom. The van der Waals surface area contributed by atoms with Crippen molar-refractivity contribution in [1.82, 2.24) is 10.2 Å². The predicted octanol–water partition coefficient (Wildman–Crippen LogP) is 0.487. The van der Waals surface area contributed by atoms with E-state index in [1.807, 2.05) is 18.7 Å². The number of nitrogens with two attached hydrogens (primary N) is 1. The molecule has 3 N–H and O–H groups in total. The van der Waals surface area contributed by atoms with Crippen LogP contribution in [0.5, 0.6) is 0 Å². The standard InChI is InChI=1S/C13H25N3O2/c1-9(2)11(12(14)17)15-10(3)13(18)16-7-5-4-6-8-16/h9-11,15H,4-8H2,1-3H3,(H2,14,17). The molecular weight excluding hydrogens is 230 g/mol. The number of nitrogens with one attached hydrogen (secondary N) is 1. The first kappa shape index (κ1) is 15.0. The third-order valence-electron chi connectivity index (χ3n) is 3.44. The minimum Gasteiger partial charge on any atom is -0.368 e. The Hall–Kier alpha value is -1.10. The van der Waals surface area contributed by atoms with E-state index in [0.29, 0.717) is 0 Å². The molecule has 0 saturated carbocycles. The number of carbonyl (C=O) groups is 2. The van der Waals surface area contributed by atoms with E-state index < -0.39 is 11.9 Å². The number of likely N-dealkylation sites (tertiary alicyclic amines) is 1. The van der Waals surface area contributed by atoms with E-state index in [2.05, 4.69) is 5.32 Å². The second-order valence-electron chi connectivity index (χ2n) is 5.40. The molecule has 1 aliphatic rings. The maximum atomic E-state index is 12.2. The van der Waals surface area contributed by atoms with Crippen molar-refractivity contribution < 1.29 is 9.59 Å².